The van der Waals surface area contributed by atoms with Gasteiger partial charge in [-0.15, -0.1) is 12.4 Å². The quantitative estimate of drug-likeness (QED) is 0.728. The summed E-state index contributed by atoms with van der Waals surface area (Å²) in [5, 5.41) is 0. The first-order valence-electron chi connectivity index (χ1n) is 7.12. The van der Waals surface area contributed by atoms with Gasteiger partial charge in [-0.05, 0) is 56.1 Å². The molecule has 0 heterocycles. The highest BCUT2D eigenvalue weighted by Gasteiger charge is 2.29. The second-order valence-corrected chi connectivity index (χ2v) is 6.81. The molecule has 2 rings (SSSR count). The van der Waals surface area contributed by atoms with Gasteiger partial charge in [-0.3, -0.25) is 4.79 Å². The number of ketones is 1. The molecular formula is C17H23BrClNO. The summed E-state index contributed by atoms with van der Waals surface area (Å²) in [6.07, 6.45) is 4.07. The molecule has 0 spiro atoms. The maximum atomic E-state index is 12.4. The average Bonchev–Trinajstić information content (AvgIpc) is 2.71. The zero-order valence-electron chi connectivity index (χ0n) is 12.8. The van der Waals surface area contributed by atoms with Gasteiger partial charge in [-0.1, -0.05) is 41.1 Å². The summed E-state index contributed by atoms with van der Waals surface area (Å²) in [5.41, 5.74) is 2.26. The van der Waals surface area contributed by atoms with Gasteiger partial charge in [0.1, 0.15) is 0 Å². The largest absolute Gasteiger partial charge is 0.309 e. The lowest BCUT2D eigenvalue weighted by atomic mass is 9.97. The fraction of sp³-hybridized carbons (Fsp3) is 0.471. The molecule has 0 saturated heterocycles. The highest BCUT2D eigenvalue weighted by Crippen LogP contribution is 2.30. The maximum Gasteiger partial charge on any atom is 0.162 e. The first kappa shape index (κ1) is 18.4. The molecule has 2 nitrogen and oxygen atoms in total. The third kappa shape index (κ3) is 4.94. The van der Waals surface area contributed by atoms with Crippen LogP contribution in [0.15, 0.2) is 40.4 Å². The van der Waals surface area contributed by atoms with E-state index in [9.17, 15) is 4.79 Å². The average molecular weight is 373 g/mol. The lowest BCUT2D eigenvalue weighted by Gasteiger charge is -2.14. The molecular weight excluding hydrogens is 350 g/mol. The van der Waals surface area contributed by atoms with Crippen LogP contribution in [0.25, 0.3) is 0 Å². The normalized spacial score (nSPS) is 21.7. The van der Waals surface area contributed by atoms with Crippen LogP contribution in [-0.2, 0) is 4.79 Å². The highest BCUT2D eigenvalue weighted by atomic mass is 79.9. The molecule has 0 bridgehead atoms. The smallest absolute Gasteiger partial charge is 0.162 e. The zero-order valence-corrected chi connectivity index (χ0v) is 15.2. The Bertz CT molecular complexity index is 527. The third-order valence-electron chi connectivity index (χ3n) is 3.86. The van der Waals surface area contributed by atoms with E-state index in [1.807, 2.05) is 26.2 Å². The molecule has 1 aliphatic carbocycles. The van der Waals surface area contributed by atoms with Crippen molar-refractivity contribution in [2.45, 2.75) is 25.7 Å². The summed E-state index contributed by atoms with van der Waals surface area (Å²) < 4.78 is 1.09. The molecule has 1 saturated carbocycles. The van der Waals surface area contributed by atoms with Crippen LogP contribution in [-0.4, -0.2) is 31.3 Å². The Morgan fingerprint density at radius 1 is 1.43 bits per heavy atom. The second kappa shape index (κ2) is 8.11. The predicted octanol–water partition coefficient (Wildman–Crippen LogP) is 4.44. The van der Waals surface area contributed by atoms with Gasteiger partial charge in [-0.25, -0.2) is 0 Å². The minimum atomic E-state index is 0. The molecule has 0 aromatic heterocycles. The molecule has 0 radical (unpaired) electrons. The van der Waals surface area contributed by atoms with Gasteiger partial charge < -0.3 is 4.90 Å². The van der Waals surface area contributed by atoms with E-state index in [-0.39, 0.29) is 24.2 Å². The molecule has 2 unspecified atom stereocenters. The third-order valence-corrected chi connectivity index (χ3v) is 4.35. The maximum absolute atomic E-state index is 12.4. The molecule has 0 N–H and O–H groups in total. The first-order valence-corrected chi connectivity index (χ1v) is 7.91. The number of rotatable bonds is 4. The fourth-order valence-electron chi connectivity index (χ4n) is 2.81. The van der Waals surface area contributed by atoms with E-state index in [0.717, 1.165) is 29.4 Å². The summed E-state index contributed by atoms with van der Waals surface area (Å²) in [7, 11) is 4.05. The van der Waals surface area contributed by atoms with E-state index in [1.165, 1.54) is 5.56 Å². The Kier molecular flexibility index (Phi) is 7.11. The monoisotopic (exact) mass is 371 g/mol. The number of hydrogen-bond donors (Lipinski definition) is 0. The number of carbonyl (C=O) groups is 1. The first-order chi connectivity index (χ1) is 9.47. The Morgan fingerprint density at radius 3 is 2.76 bits per heavy atom. The fourth-order valence-corrected chi connectivity index (χ4v) is 3.23. The molecule has 0 aliphatic heterocycles. The zero-order chi connectivity index (χ0) is 14.7. The molecule has 1 aromatic rings. The van der Waals surface area contributed by atoms with Gasteiger partial charge in [0.25, 0.3) is 0 Å². The molecule has 0 amide bonds. The van der Waals surface area contributed by atoms with Crippen LogP contribution in [0, 0.1) is 5.92 Å². The van der Waals surface area contributed by atoms with Crippen molar-refractivity contribution < 1.29 is 4.79 Å². The summed E-state index contributed by atoms with van der Waals surface area (Å²) in [4.78, 5) is 14.5. The van der Waals surface area contributed by atoms with Crippen molar-refractivity contribution in [1.82, 2.24) is 4.90 Å². The summed E-state index contributed by atoms with van der Waals surface area (Å²) in [6.45, 7) is 3.02. The SMILES string of the molecule is CC(/C=C1/CCC(CN(C)C)C1=O)c1cccc(Br)c1.Cl. The molecule has 4 heteroatoms. The van der Waals surface area contributed by atoms with Crippen LogP contribution in [0.2, 0.25) is 0 Å². The van der Waals surface area contributed by atoms with Crippen molar-refractivity contribution >= 4 is 34.1 Å². The number of Topliss-reactive ketones (excluding diaryl/α,β-unsaturated/α-hetero) is 1. The van der Waals surface area contributed by atoms with Crippen LogP contribution in [0.1, 0.15) is 31.2 Å². The van der Waals surface area contributed by atoms with E-state index >= 15 is 0 Å². The van der Waals surface area contributed by atoms with Gasteiger partial charge in [0.15, 0.2) is 5.78 Å². The van der Waals surface area contributed by atoms with Crippen LogP contribution in [0.5, 0.6) is 0 Å². The minimum Gasteiger partial charge on any atom is -0.309 e. The van der Waals surface area contributed by atoms with E-state index in [2.05, 4.69) is 46.0 Å². The number of nitrogens with zero attached hydrogens (tertiary/aromatic N) is 1. The molecule has 1 aliphatic rings. The number of benzene rings is 1. The highest BCUT2D eigenvalue weighted by molar-refractivity contribution is 9.10. The Hall–Kier alpha value is -0.640. The number of allylic oxidation sites excluding steroid dienone is 2. The topological polar surface area (TPSA) is 20.3 Å². The van der Waals surface area contributed by atoms with Gasteiger partial charge in [-0.2, -0.15) is 0 Å². The number of halogens is 2. The molecule has 1 aromatic carbocycles. The summed E-state index contributed by atoms with van der Waals surface area (Å²) >= 11 is 3.50. The standard InChI is InChI=1S/C17H22BrNO.ClH/c1-12(13-5-4-6-16(18)10-13)9-14-7-8-15(17(14)20)11-19(2)3;/h4-6,9-10,12,15H,7-8,11H2,1-3H3;1H/b14-9-;. The number of carbonyl (C=O) groups excluding carboxylic acids is 1. The minimum absolute atomic E-state index is 0. The summed E-state index contributed by atoms with van der Waals surface area (Å²) in [6, 6.07) is 8.30. The molecule has 2 atom stereocenters. The van der Waals surface area contributed by atoms with E-state index in [1.54, 1.807) is 0 Å². The molecule has 21 heavy (non-hydrogen) atoms. The Morgan fingerprint density at radius 2 is 2.14 bits per heavy atom. The second-order valence-electron chi connectivity index (χ2n) is 5.90. The van der Waals surface area contributed by atoms with Crippen molar-refractivity contribution in [3.63, 3.8) is 0 Å². The van der Waals surface area contributed by atoms with Gasteiger partial charge in [0.05, 0.1) is 0 Å². The summed E-state index contributed by atoms with van der Waals surface area (Å²) in [5.74, 6) is 0.816. The van der Waals surface area contributed by atoms with Crippen molar-refractivity contribution in [3.8, 4) is 0 Å². The lowest BCUT2D eigenvalue weighted by Crippen LogP contribution is -2.24. The van der Waals surface area contributed by atoms with Gasteiger partial charge in [0, 0.05) is 16.9 Å². The van der Waals surface area contributed by atoms with Crippen LogP contribution < -0.4 is 0 Å². The van der Waals surface area contributed by atoms with Crippen molar-refractivity contribution in [3.05, 3.63) is 46.0 Å². The van der Waals surface area contributed by atoms with Crippen LogP contribution in [0.3, 0.4) is 0 Å². The predicted molar refractivity (Wildman–Crippen MR) is 94.2 cm³/mol. The molecule has 1 fully saturated rings. The van der Waals surface area contributed by atoms with Gasteiger partial charge >= 0.3 is 0 Å². The Labute approximate surface area is 142 Å². The van der Waals surface area contributed by atoms with Crippen LogP contribution >= 0.6 is 28.3 Å². The molecule has 116 valence electrons. The van der Waals surface area contributed by atoms with E-state index in [0.29, 0.717) is 5.78 Å². The van der Waals surface area contributed by atoms with Crippen molar-refractivity contribution in [2.24, 2.45) is 5.92 Å². The van der Waals surface area contributed by atoms with E-state index < -0.39 is 0 Å². The lowest BCUT2D eigenvalue weighted by molar-refractivity contribution is -0.118. The van der Waals surface area contributed by atoms with Crippen LogP contribution in [0.4, 0.5) is 0 Å². The van der Waals surface area contributed by atoms with Crippen molar-refractivity contribution in [2.75, 3.05) is 20.6 Å². The van der Waals surface area contributed by atoms with Gasteiger partial charge in [0.2, 0.25) is 0 Å². The Balaban J connectivity index is 0.00000220. The van der Waals surface area contributed by atoms with E-state index in [4.69, 9.17) is 0 Å². The van der Waals surface area contributed by atoms with Crippen molar-refractivity contribution in [1.29, 1.82) is 0 Å². The number of hydrogen-bond acceptors (Lipinski definition) is 2.